The quantitative estimate of drug-likeness (QED) is 0.0250. The summed E-state index contributed by atoms with van der Waals surface area (Å²) in [5.41, 5.74) is 1.59. The van der Waals surface area contributed by atoms with Crippen LogP contribution in [0.3, 0.4) is 0 Å². The Labute approximate surface area is 334 Å². The highest BCUT2D eigenvalue weighted by atomic mass is 31.2. The Morgan fingerprint density at radius 1 is 0.702 bits per heavy atom. The normalized spacial score (nSPS) is 17.1. The molecule has 10 N–H and O–H groups in total. The summed E-state index contributed by atoms with van der Waals surface area (Å²) >= 11 is 0. The Morgan fingerprint density at radius 2 is 1.18 bits per heavy atom. The number of nitrogens with two attached hydrogens (primary N) is 3. The van der Waals surface area contributed by atoms with Crippen LogP contribution in [0.4, 0.5) is 0 Å². The molecule has 0 saturated heterocycles. The molecule has 0 radical (unpaired) electrons. The van der Waals surface area contributed by atoms with Gasteiger partial charge in [0.05, 0.1) is 84.7 Å². The standard InChI is InChI=1S/C35H63N8O13P/c1-49-57(2,48)56-30-9-7-29(8-10-30)34(46)42-24-28-5-3-27(4-6-28)23-31(35(47)41-13-16-52-19-22-55-38)43(25-32(44)39-11-14-50-17-20-53-36)26-33(45)40-12-15-51-18-21-54-37/h3-6,29-31H,7-26,36-38H2,1-2H3,(H,39,44)(H,40,45)(H,41,47)(H,42,46)/t29?,30?,31-,57?/m1/s1. The third kappa shape index (κ3) is 22.5. The average Bonchev–Trinajstić information content (AvgIpc) is 3.20. The molecular formula is C35H63N8O13P. The highest BCUT2D eigenvalue weighted by molar-refractivity contribution is 7.52. The summed E-state index contributed by atoms with van der Waals surface area (Å²) in [6.45, 7) is 3.54. The van der Waals surface area contributed by atoms with Crippen molar-refractivity contribution >= 4 is 31.2 Å². The number of hydrogen-bond acceptors (Lipinski definition) is 17. The molecule has 22 heteroatoms. The maximum Gasteiger partial charge on any atom is 0.327 e. The number of ether oxygens (including phenoxy) is 3. The number of nitrogens with zero attached hydrogens (tertiary/aromatic N) is 1. The van der Waals surface area contributed by atoms with Gasteiger partial charge in [-0.15, -0.1) is 0 Å². The van der Waals surface area contributed by atoms with E-state index in [-0.39, 0.29) is 117 Å². The summed E-state index contributed by atoms with van der Waals surface area (Å²) < 4.78 is 38.8. The largest absolute Gasteiger partial charge is 0.377 e. The van der Waals surface area contributed by atoms with Crippen molar-refractivity contribution in [2.75, 3.05) is 106 Å². The molecule has 1 fully saturated rings. The third-order valence-corrected chi connectivity index (χ3v) is 10.1. The first kappa shape index (κ1) is 50.0. The van der Waals surface area contributed by atoms with Crippen LogP contribution in [0, 0.1) is 5.92 Å². The molecule has 1 unspecified atom stereocenters. The molecule has 4 amide bonds. The minimum absolute atomic E-state index is 0.0697. The van der Waals surface area contributed by atoms with E-state index >= 15 is 0 Å². The Kier molecular flexibility index (Phi) is 26.3. The summed E-state index contributed by atoms with van der Waals surface area (Å²) in [6, 6.07) is 6.41. The maximum absolute atomic E-state index is 13.8. The number of rotatable bonds is 32. The van der Waals surface area contributed by atoms with Crippen molar-refractivity contribution in [2.45, 2.75) is 50.8 Å². The molecule has 0 aliphatic heterocycles. The molecule has 2 rings (SSSR count). The Balaban J connectivity index is 2.13. The molecule has 0 bridgehead atoms. The lowest BCUT2D eigenvalue weighted by Crippen LogP contribution is -2.54. The van der Waals surface area contributed by atoms with E-state index in [2.05, 4.69) is 35.8 Å². The van der Waals surface area contributed by atoms with Crippen LogP contribution in [0.5, 0.6) is 0 Å². The van der Waals surface area contributed by atoms with Gasteiger partial charge in [-0.3, -0.25) is 28.6 Å². The number of amides is 4. The van der Waals surface area contributed by atoms with Gasteiger partial charge in [0, 0.05) is 45.9 Å². The number of carbonyl (C=O) groups is 4. The molecule has 1 aromatic rings. The smallest absolute Gasteiger partial charge is 0.327 e. The van der Waals surface area contributed by atoms with Gasteiger partial charge in [0.15, 0.2) is 0 Å². The monoisotopic (exact) mass is 834 g/mol. The molecule has 326 valence electrons. The first-order chi connectivity index (χ1) is 27.5. The van der Waals surface area contributed by atoms with Crippen LogP contribution in [0.2, 0.25) is 0 Å². The number of nitrogens with one attached hydrogen (secondary N) is 4. The van der Waals surface area contributed by atoms with E-state index in [0.717, 1.165) is 11.1 Å². The van der Waals surface area contributed by atoms with E-state index in [1.165, 1.54) is 18.7 Å². The van der Waals surface area contributed by atoms with E-state index in [1.54, 1.807) is 0 Å². The molecule has 57 heavy (non-hydrogen) atoms. The van der Waals surface area contributed by atoms with Crippen molar-refractivity contribution in [3.8, 4) is 0 Å². The lowest BCUT2D eigenvalue weighted by Gasteiger charge is -2.30. The predicted octanol–water partition coefficient (Wildman–Crippen LogP) is -1.37. The first-order valence-electron chi connectivity index (χ1n) is 18.9. The molecule has 1 aliphatic rings. The molecule has 1 saturated carbocycles. The van der Waals surface area contributed by atoms with Crippen molar-refractivity contribution in [1.82, 2.24) is 26.2 Å². The second kappa shape index (κ2) is 30.0. The van der Waals surface area contributed by atoms with E-state index < -0.39 is 31.4 Å². The van der Waals surface area contributed by atoms with Gasteiger partial charge in [0.2, 0.25) is 23.6 Å². The highest BCUT2D eigenvalue weighted by Gasteiger charge is 2.31. The van der Waals surface area contributed by atoms with Gasteiger partial charge in [0.25, 0.3) is 0 Å². The zero-order valence-electron chi connectivity index (χ0n) is 33.1. The van der Waals surface area contributed by atoms with Crippen molar-refractivity contribution in [3.63, 3.8) is 0 Å². The van der Waals surface area contributed by atoms with Crippen LogP contribution in [-0.2, 0) is 74.5 Å². The van der Waals surface area contributed by atoms with Crippen LogP contribution in [0.1, 0.15) is 36.8 Å². The molecule has 0 heterocycles. The van der Waals surface area contributed by atoms with Gasteiger partial charge >= 0.3 is 7.60 Å². The minimum atomic E-state index is -3.10. The second-order valence-electron chi connectivity index (χ2n) is 13.1. The van der Waals surface area contributed by atoms with E-state index in [1.807, 2.05) is 24.3 Å². The predicted molar refractivity (Wildman–Crippen MR) is 207 cm³/mol. The van der Waals surface area contributed by atoms with Crippen LogP contribution in [-0.4, -0.2) is 147 Å². The van der Waals surface area contributed by atoms with E-state index in [9.17, 15) is 23.7 Å². The number of benzene rings is 1. The fraction of sp³-hybridized carbons (Fsp3) is 0.714. The van der Waals surface area contributed by atoms with Crippen LogP contribution < -0.4 is 39.0 Å². The van der Waals surface area contributed by atoms with Crippen molar-refractivity contribution in [3.05, 3.63) is 35.4 Å². The summed E-state index contributed by atoms with van der Waals surface area (Å²) in [5, 5.41) is 11.3. The third-order valence-electron chi connectivity index (χ3n) is 8.79. The van der Waals surface area contributed by atoms with Crippen molar-refractivity contribution in [2.24, 2.45) is 23.6 Å². The Hall–Kier alpha value is -3.15. The lowest BCUT2D eigenvalue weighted by atomic mass is 9.87. The topological polar surface area (TPSA) is 289 Å². The fourth-order valence-corrected chi connectivity index (χ4v) is 6.59. The number of hydrogen-bond donors (Lipinski definition) is 7. The molecule has 0 aromatic heterocycles. The van der Waals surface area contributed by atoms with Gasteiger partial charge in [0.1, 0.15) is 0 Å². The summed E-state index contributed by atoms with van der Waals surface area (Å²) in [7, 11) is -1.75. The molecule has 0 spiro atoms. The summed E-state index contributed by atoms with van der Waals surface area (Å²) in [5.74, 6) is 13.5. The van der Waals surface area contributed by atoms with E-state index in [0.29, 0.717) is 32.2 Å². The van der Waals surface area contributed by atoms with Crippen molar-refractivity contribution in [1.29, 1.82) is 0 Å². The van der Waals surface area contributed by atoms with Crippen LogP contribution in [0.25, 0.3) is 0 Å². The van der Waals surface area contributed by atoms with E-state index in [4.69, 9.17) is 40.9 Å². The molecular weight excluding hydrogens is 771 g/mol. The zero-order valence-corrected chi connectivity index (χ0v) is 34.0. The van der Waals surface area contributed by atoms with Crippen molar-refractivity contribution < 1.29 is 61.5 Å². The zero-order chi connectivity index (χ0) is 41.7. The maximum atomic E-state index is 13.8. The molecule has 1 aliphatic carbocycles. The van der Waals surface area contributed by atoms with Gasteiger partial charge in [-0.2, -0.15) is 0 Å². The minimum Gasteiger partial charge on any atom is -0.377 e. The summed E-state index contributed by atoms with van der Waals surface area (Å²) in [4.78, 5) is 68.0. The molecule has 1 aromatic carbocycles. The van der Waals surface area contributed by atoms with Crippen LogP contribution in [0.15, 0.2) is 24.3 Å². The first-order valence-corrected chi connectivity index (χ1v) is 20.9. The molecule has 21 nitrogen and oxygen atoms in total. The second-order valence-corrected chi connectivity index (χ2v) is 15.3. The van der Waals surface area contributed by atoms with Crippen LogP contribution >= 0.6 is 7.60 Å². The highest BCUT2D eigenvalue weighted by Crippen LogP contribution is 2.46. The van der Waals surface area contributed by atoms with Gasteiger partial charge in [-0.05, 0) is 43.2 Å². The number of carbonyl (C=O) groups excluding carboxylic acids is 4. The summed E-state index contributed by atoms with van der Waals surface area (Å²) in [6.07, 6.45) is 2.37. The lowest BCUT2D eigenvalue weighted by molar-refractivity contribution is -0.132. The Morgan fingerprint density at radius 3 is 1.65 bits per heavy atom. The van der Waals surface area contributed by atoms with Gasteiger partial charge in [-0.1, -0.05) is 24.3 Å². The average molecular weight is 835 g/mol. The van der Waals surface area contributed by atoms with Gasteiger partial charge < -0.3 is 59.0 Å². The van der Waals surface area contributed by atoms with Gasteiger partial charge in [-0.25, -0.2) is 17.7 Å². The molecule has 2 atom stereocenters. The SMILES string of the molecule is COP(C)(=O)OC1CCC(C(=O)NCc2ccc(C[C@H](C(=O)NCCOCCON)N(CC(=O)NCCOCCON)CC(=O)NCCOCCON)cc2)CC1. The fourth-order valence-electron chi connectivity index (χ4n) is 5.76. The Bertz CT molecular complexity index is 1310.